The van der Waals surface area contributed by atoms with E-state index in [1.165, 1.54) is 17.0 Å². The summed E-state index contributed by atoms with van der Waals surface area (Å²) in [5.74, 6) is -1.77. The molecule has 3 rings (SSSR count). The fraction of sp³-hybridized carbons (Fsp3) is 0.471. The number of fused-ring (bicyclic) bond motifs is 1. The summed E-state index contributed by atoms with van der Waals surface area (Å²) in [6.07, 6.45) is 0.107. The van der Waals surface area contributed by atoms with Crippen LogP contribution in [0.1, 0.15) is 12.0 Å². The molecule has 0 aliphatic carbocycles. The smallest absolute Gasteiger partial charge is 0.233 e. The lowest BCUT2D eigenvalue weighted by Crippen LogP contribution is -2.66. The van der Waals surface area contributed by atoms with Gasteiger partial charge in [-0.15, -0.1) is 0 Å². The van der Waals surface area contributed by atoms with E-state index in [0.717, 1.165) is 6.07 Å². The third-order valence-corrected chi connectivity index (χ3v) is 4.81. The van der Waals surface area contributed by atoms with Crippen LogP contribution < -0.4 is 5.32 Å². The number of nitrogens with zero attached hydrogens (tertiary/aromatic N) is 1. The summed E-state index contributed by atoms with van der Waals surface area (Å²) in [6, 6.07) is 3.35. The van der Waals surface area contributed by atoms with Crippen molar-refractivity contribution in [2.24, 2.45) is 5.92 Å². The minimum Gasteiger partial charge on any atom is -0.382 e. The Morgan fingerprint density at radius 3 is 2.92 bits per heavy atom. The molecule has 1 amide bonds. The topological polar surface area (TPSA) is 50.8 Å². The summed E-state index contributed by atoms with van der Waals surface area (Å²) in [6.45, 7) is 4.23. The molecule has 3 atom stereocenters. The van der Waals surface area contributed by atoms with E-state index in [9.17, 15) is 13.6 Å². The minimum absolute atomic E-state index is 0.0623. The summed E-state index contributed by atoms with van der Waals surface area (Å²) >= 11 is 0. The number of carbonyl (C=O) groups is 1. The van der Waals surface area contributed by atoms with Crippen molar-refractivity contribution in [1.82, 2.24) is 10.2 Å². The van der Waals surface area contributed by atoms with Gasteiger partial charge in [0.25, 0.3) is 0 Å². The number of ether oxygens (including phenoxy) is 2. The molecule has 2 heterocycles. The molecule has 0 bridgehead atoms. The van der Waals surface area contributed by atoms with Gasteiger partial charge in [0.05, 0.1) is 25.2 Å². The fourth-order valence-corrected chi connectivity index (χ4v) is 3.51. The third-order valence-electron chi connectivity index (χ3n) is 4.81. The lowest BCUT2D eigenvalue weighted by molar-refractivity contribution is -0.157. The molecule has 7 heteroatoms. The maximum Gasteiger partial charge on any atom is 0.233 e. The van der Waals surface area contributed by atoms with E-state index in [0.29, 0.717) is 18.8 Å². The standard InChI is InChI=1S/C17H20F2N2O3/c1-10-20-17(13-5-4-11(18)6-15(13)19)9-24-12(8-23-3)7-14(17)16(22)21(10)2/h4-6,12,14,20H,1,7-9H2,2-3H3/t12-,14+,17-/m1/s1. The molecule has 0 aromatic heterocycles. The Balaban J connectivity index is 2.07. The Morgan fingerprint density at radius 1 is 1.50 bits per heavy atom. The highest BCUT2D eigenvalue weighted by atomic mass is 19.1. The lowest BCUT2D eigenvalue weighted by Gasteiger charge is -2.52. The van der Waals surface area contributed by atoms with Crippen LogP contribution in [0.4, 0.5) is 8.78 Å². The van der Waals surface area contributed by atoms with Crippen LogP contribution in [-0.4, -0.2) is 44.3 Å². The van der Waals surface area contributed by atoms with Gasteiger partial charge in [-0.3, -0.25) is 4.79 Å². The van der Waals surface area contributed by atoms with Crippen molar-refractivity contribution < 1.29 is 23.0 Å². The maximum absolute atomic E-state index is 14.5. The van der Waals surface area contributed by atoms with Gasteiger partial charge < -0.3 is 19.7 Å². The molecule has 1 aromatic rings. The number of amides is 1. The van der Waals surface area contributed by atoms with E-state index in [1.54, 1.807) is 14.2 Å². The highest BCUT2D eigenvalue weighted by Crippen LogP contribution is 2.43. The van der Waals surface area contributed by atoms with Gasteiger partial charge in [0.2, 0.25) is 5.91 Å². The number of nitrogens with one attached hydrogen (secondary N) is 1. The summed E-state index contributed by atoms with van der Waals surface area (Å²) in [7, 11) is 3.17. The molecule has 5 nitrogen and oxygen atoms in total. The molecule has 1 N–H and O–H groups in total. The van der Waals surface area contributed by atoms with E-state index < -0.39 is 23.1 Å². The Labute approximate surface area is 139 Å². The molecule has 24 heavy (non-hydrogen) atoms. The number of methoxy groups -OCH3 is 1. The molecular formula is C17H20F2N2O3. The molecule has 2 saturated heterocycles. The third kappa shape index (κ3) is 2.57. The summed E-state index contributed by atoms with van der Waals surface area (Å²) in [4.78, 5) is 14.2. The van der Waals surface area contributed by atoms with Gasteiger partial charge in [0.1, 0.15) is 23.0 Å². The van der Waals surface area contributed by atoms with Gasteiger partial charge in [-0.2, -0.15) is 0 Å². The molecule has 0 spiro atoms. The van der Waals surface area contributed by atoms with Gasteiger partial charge in [-0.05, 0) is 12.5 Å². The van der Waals surface area contributed by atoms with E-state index >= 15 is 0 Å². The Bertz CT molecular complexity index is 682. The zero-order valence-corrected chi connectivity index (χ0v) is 13.6. The monoisotopic (exact) mass is 338 g/mol. The molecular weight excluding hydrogens is 318 g/mol. The summed E-state index contributed by atoms with van der Waals surface area (Å²) < 4.78 is 38.7. The van der Waals surface area contributed by atoms with Crippen molar-refractivity contribution in [3.05, 3.63) is 47.8 Å². The number of hydrogen-bond acceptors (Lipinski definition) is 4. The van der Waals surface area contributed by atoms with E-state index in [2.05, 4.69) is 11.9 Å². The van der Waals surface area contributed by atoms with Crippen LogP contribution in [-0.2, 0) is 19.8 Å². The summed E-state index contributed by atoms with van der Waals surface area (Å²) in [5.41, 5.74) is -0.907. The molecule has 1 aromatic carbocycles. The average molecular weight is 338 g/mol. The second-order valence-corrected chi connectivity index (χ2v) is 6.24. The Hall–Kier alpha value is -1.99. The predicted molar refractivity (Wildman–Crippen MR) is 82.8 cm³/mol. The SMILES string of the molecule is C=C1N[C@@]2(c3ccc(F)cc3F)CO[C@@H](COC)C[C@H]2C(=O)N1C. The summed E-state index contributed by atoms with van der Waals surface area (Å²) in [5, 5.41) is 3.13. The van der Waals surface area contributed by atoms with Crippen LogP contribution in [0, 0.1) is 17.6 Å². The first-order valence-corrected chi connectivity index (χ1v) is 7.70. The van der Waals surface area contributed by atoms with Crippen LogP contribution in [0.5, 0.6) is 0 Å². The number of hydrogen-bond donors (Lipinski definition) is 1. The fourth-order valence-electron chi connectivity index (χ4n) is 3.51. The van der Waals surface area contributed by atoms with Crippen molar-refractivity contribution >= 4 is 5.91 Å². The van der Waals surface area contributed by atoms with Crippen LogP contribution >= 0.6 is 0 Å². The van der Waals surface area contributed by atoms with Gasteiger partial charge in [-0.1, -0.05) is 12.6 Å². The second kappa shape index (κ2) is 6.14. The predicted octanol–water partition coefficient (Wildman–Crippen LogP) is 1.74. The zero-order chi connectivity index (χ0) is 17.5. The molecule has 0 unspecified atom stereocenters. The number of rotatable bonds is 3. The van der Waals surface area contributed by atoms with Crippen molar-refractivity contribution in [2.75, 3.05) is 27.4 Å². The van der Waals surface area contributed by atoms with Crippen molar-refractivity contribution in [1.29, 1.82) is 0 Å². The van der Waals surface area contributed by atoms with Crippen molar-refractivity contribution in [3.63, 3.8) is 0 Å². The lowest BCUT2D eigenvalue weighted by atomic mass is 9.71. The van der Waals surface area contributed by atoms with Crippen LogP contribution in [0.25, 0.3) is 0 Å². The minimum atomic E-state index is -1.11. The van der Waals surface area contributed by atoms with Crippen molar-refractivity contribution in [2.45, 2.75) is 18.1 Å². The maximum atomic E-state index is 14.5. The number of carbonyl (C=O) groups excluding carboxylic acids is 1. The molecule has 2 fully saturated rings. The number of benzene rings is 1. The first-order valence-electron chi connectivity index (χ1n) is 7.70. The molecule has 0 saturated carbocycles. The van der Waals surface area contributed by atoms with Gasteiger partial charge in [-0.25, -0.2) is 8.78 Å². The zero-order valence-electron chi connectivity index (χ0n) is 13.6. The first-order chi connectivity index (χ1) is 11.4. The van der Waals surface area contributed by atoms with E-state index in [-0.39, 0.29) is 24.2 Å². The molecule has 0 radical (unpaired) electrons. The van der Waals surface area contributed by atoms with E-state index in [1.807, 2.05) is 0 Å². The van der Waals surface area contributed by atoms with Gasteiger partial charge in [0.15, 0.2) is 0 Å². The van der Waals surface area contributed by atoms with Crippen molar-refractivity contribution in [3.8, 4) is 0 Å². The first kappa shape index (κ1) is 16.9. The molecule has 2 aliphatic rings. The Morgan fingerprint density at radius 2 is 2.25 bits per heavy atom. The molecule has 130 valence electrons. The average Bonchev–Trinajstić information content (AvgIpc) is 2.54. The largest absolute Gasteiger partial charge is 0.382 e. The second-order valence-electron chi connectivity index (χ2n) is 6.24. The Kier molecular flexibility index (Phi) is 4.31. The van der Waals surface area contributed by atoms with Gasteiger partial charge >= 0.3 is 0 Å². The van der Waals surface area contributed by atoms with Crippen LogP contribution in [0.15, 0.2) is 30.6 Å². The van der Waals surface area contributed by atoms with Crippen LogP contribution in [0.3, 0.4) is 0 Å². The highest BCUT2D eigenvalue weighted by Gasteiger charge is 2.54. The van der Waals surface area contributed by atoms with E-state index in [4.69, 9.17) is 9.47 Å². The highest BCUT2D eigenvalue weighted by molar-refractivity contribution is 5.83. The van der Waals surface area contributed by atoms with Gasteiger partial charge in [0, 0.05) is 25.8 Å². The normalized spacial score (nSPS) is 30.1. The van der Waals surface area contributed by atoms with Crippen LogP contribution in [0.2, 0.25) is 0 Å². The quantitative estimate of drug-likeness (QED) is 0.912. The number of halogens is 2. The molecule has 2 aliphatic heterocycles.